The van der Waals surface area contributed by atoms with Crippen molar-refractivity contribution in [3.05, 3.63) is 78.1 Å². The predicted octanol–water partition coefficient (Wildman–Crippen LogP) is 4.00. The first-order valence-corrected chi connectivity index (χ1v) is 10.00. The van der Waals surface area contributed by atoms with Gasteiger partial charge < -0.3 is 0 Å². The third-order valence-corrected chi connectivity index (χ3v) is 6.36. The van der Waals surface area contributed by atoms with Crippen molar-refractivity contribution in [3.63, 3.8) is 0 Å². The first-order valence-electron chi connectivity index (χ1n) is 8.10. The molecule has 1 spiro atoms. The third kappa shape index (κ3) is 2.51. The smallest absolute Gasteiger partial charge is 0.175 e. The van der Waals surface area contributed by atoms with Gasteiger partial charge in [0.15, 0.2) is 9.84 Å². The zero-order valence-electron chi connectivity index (χ0n) is 13.5. The van der Waals surface area contributed by atoms with Gasteiger partial charge in [0, 0.05) is 24.1 Å². The normalized spacial score (nSPS) is 25.5. The summed E-state index contributed by atoms with van der Waals surface area (Å²) in [4.78, 5) is 4.47. The molecule has 1 aromatic heterocycles. The van der Waals surface area contributed by atoms with Crippen LogP contribution in [-0.4, -0.2) is 19.7 Å². The summed E-state index contributed by atoms with van der Waals surface area (Å²) in [6.45, 7) is 0. The van der Waals surface area contributed by atoms with Crippen LogP contribution in [0.5, 0.6) is 0 Å². The molecule has 0 saturated heterocycles. The summed E-state index contributed by atoms with van der Waals surface area (Å²) in [6, 6.07) is 11.4. The highest BCUT2D eigenvalue weighted by molar-refractivity contribution is 7.90. The van der Waals surface area contributed by atoms with Crippen LogP contribution < -0.4 is 0 Å². The molecule has 2 unspecified atom stereocenters. The minimum atomic E-state index is -3.15. The highest BCUT2D eigenvalue weighted by atomic mass is 32.2. The Balaban J connectivity index is 1.63. The van der Waals surface area contributed by atoms with Gasteiger partial charge in [0.2, 0.25) is 0 Å². The number of hydrogen-bond donors (Lipinski definition) is 0. The zero-order valence-corrected chi connectivity index (χ0v) is 14.3. The van der Waals surface area contributed by atoms with Crippen molar-refractivity contribution in [2.75, 3.05) is 6.26 Å². The fraction of sp³-hybridized carbons (Fsp3) is 0.250. The van der Waals surface area contributed by atoms with Crippen LogP contribution in [0.15, 0.2) is 71.9 Å². The SMILES string of the molecule is CS(=O)(=O)c1ccc(C2=CC3(C=C2)CCC3c2ccncc2)cc1. The van der Waals surface area contributed by atoms with Crippen molar-refractivity contribution >= 4 is 15.4 Å². The van der Waals surface area contributed by atoms with E-state index in [0.29, 0.717) is 10.8 Å². The van der Waals surface area contributed by atoms with Gasteiger partial charge in [-0.3, -0.25) is 4.98 Å². The fourth-order valence-corrected chi connectivity index (χ4v) is 4.40. The summed E-state index contributed by atoms with van der Waals surface area (Å²) >= 11 is 0. The zero-order chi connectivity index (χ0) is 16.8. The molecule has 1 fully saturated rings. The van der Waals surface area contributed by atoms with Crippen molar-refractivity contribution in [3.8, 4) is 0 Å². The number of aromatic nitrogens is 1. The number of rotatable bonds is 3. The molecular weight excluding hydrogens is 318 g/mol. The van der Waals surface area contributed by atoms with E-state index in [1.165, 1.54) is 23.8 Å². The monoisotopic (exact) mass is 337 g/mol. The molecule has 0 amide bonds. The Labute approximate surface area is 142 Å². The molecule has 2 aliphatic carbocycles. The maximum atomic E-state index is 11.6. The lowest BCUT2D eigenvalue weighted by molar-refractivity contribution is 0.221. The van der Waals surface area contributed by atoms with Gasteiger partial charge in [-0.1, -0.05) is 30.4 Å². The third-order valence-electron chi connectivity index (χ3n) is 5.24. The van der Waals surface area contributed by atoms with E-state index < -0.39 is 9.84 Å². The summed E-state index contributed by atoms with van der Waals surface area (Å²) < 4.78 is 23.2. The molecule has 0 bridgehead atoms. The summed E-state index contributed by atoms with van der Waals surface area (Å²) in [5.74, 6) is 0.504. The second-order valence-corrected chi connectivity index (χ2v) is 8.73. The van der Waals surface area contributed by atoms with E-state index in [-0.39, 0.29) is 5.41 Å². The Morgan fingerprint density at radius 3 is 2.38 bits per heavy atom. The van der Waals surface area contributed by atoms with Gasteiger partial charge in [0.05, 0.1) is 4.90 Å². The van der Waals surface area contributed by atoms with Crippen molar-refractivity contribution in [2.45, 2.75) is 23.7 Å². The molecule has 3 nitrogen and oxygen atoms in total. The van der Waals surface area contributed by atoms with Gasteiger partial charge in [-0.2, -0.15) is 0 Å². The number of hydrogen-bond acceptors (Lipinski definition) is 3. The molecule has 24 heavy (non-hydrogen) atoms. The van der Waals surface area contributed by atoms with E-state index in [0.717, 1.165) is 12.0 Å². The van der Waals surface area contributed by atoms with Crippen LogP contribution in [0.2, 0.25) is 0 Å². The van der Waals surface area contributed by atoms with Crippen LogP contribution >= 0.6 is 0 Å². The van der Waals surface area contributed by atoms with Crippen LogP contribution in [0.4, 0.5) is 0 Å². The maximum Gasteiger partial charge on any atom is 0.175 e. The molecule has 2 aliphatic rings. The van der Waals surface area contributed by atoms with Crippen molar-refractivity contribution in [1.29, 1.82) is 0 Å². The molecule has 1 saturated carbocycles. The number of sulfone groups is 1. The molecule has 122 valence electrons. The van der Waals surface area contributed by atoms with Crippen LogP contribution in [0, 0.1) is 5.41 Å². The molecule has 1 aromatic carbocycles. The lowest BCUT2D eigenvalue weighted by Gasteiger charge is -2.45. The molecular formula is C20H19NO2S. The second kappa shape index (κ2) is 5.42. The predicted molar refractivity (Wildman–Crippen MR) is 95.3 cm³/mol. The van der Waals surface area contributed by atoms with E-state index in [1.807, 2.05) is 24.5 Å². The number of pyridine rings is 1. The molecule has 1 heterocycles. The summed E-state index contributed by atoms with van der Waals surface area (Å²) in [5.41, 5.74) is 3.68. The average Bonchev–Trinajstić information content (AvgIpc) is 3.02. The first kappa shape index (κ1) is 15.3. The number of allylic oxidation sites excluding steroid dienone is 4. The summed E-state index contributed by atoms with van der Waals surface area (Å²) in [5, 5.41) is 0. The van der Waals surface area contributed by atoms with Gasteiger partial charge in [0.1, 0.15) is 0 Å². The molecule has 2 aromatic rings. The molecule has 4 rings (SSSR count). The highest BCUT2D eigenvalue weighted by Crippen LogP contribution is 2.58. The Morgan fingerprint density at radius 2 is 1.79 bits per heavy atom. The number of nitrogens with zero attached hydrogens (tertiary/aromatic N) is 1. The Hall–Kier alpha value is -2.20. The molecule has 0 radical (unpaired) electrons. The van der Waals surface area contributed by atoms with Crippen molar-refractivity contribution in [2.24, 2.45) is 5.41 Å². The molecule has 4 heteroatoms. The second-order valence-electron chi connectivity index (χ2n) is 6.71. The van der Waals surface area contributed by atoms with Gasteiger partial charge in [0.25, 0.3) is 0 Å². The summed E-state index contributed by atoms with van der Waals surface area (Å²) in [7, 11) is -3.15. The van der Waals surface area contributed by atoms with E-state index in [1.54, 1.807) is 12.1 Å². The molecule has 0 N–H and O–H groups in total. The Bertz CT molecular complexity index is 927. The van der Waals surface area contributed by atoms with Crippen molar-refractivity contribution < 1.29 is 8.42 Å². The lowest BCUT2D eigenvalue weighted by atomic mass is 9.58. The Kier molecular flexibility index (Phi) is 3.46. The largest absolute Gasteiger partial charge is 0.265 e. The van der Waals surface area contributed by atoms with Crippen molar-refractivity contribution in [1.82, 2.24) is 4.98 Å². The maximum absolute atomic E-state index is 11.6. The van der Waals surface area contributed by atoms with E-state index >= 15 is 0 Å². The molecule has 2 atom stereocenters. The van der Waals surface area contributed by atoms with Crippen LogP contribution in [-0.2, 0) is 9.84 Å². The average molecular weight is 337 g/mol. The minimum Gasteiger partial charge on any atom is -0.265 e. The highest BCUT2D eigenvalue weighted by Gasteiger charge is 2.45. The number of benzene rings is 1. The quantitative estimate of drug-likeness (QED) is 0.850. The lowest BCUT2D eigenvalue weighted by Crippen LogP contribution is -2.33. The first-order chi connectivity index (χ1) is 11.5. The van der Waals surface area contributed by atoms with Gasteiger partial charge >= 0.3 is 0 Å². The van der Waals surface area contributed by atoms with E-state index in [9.17, 15) is 8.42 Å². The van der Waals surface area contributed by atoms with Gasteiger partial charge in [-0.15, -0.1) is 0 Å². The van der Waals surface area contributed by atoms with Gasteiger partial charge in [-0.25, -0.2) is 8.42 Å². The topological polar surface area (TPSA) is 47.0 Å². The molecule has 0 aliphatic heterocycles. The van der Waals surface area contributed by atoms with E-state index in [2.05, 4.69) is 35.3 Å². The summed E-state index contributed by atoms with van der Waals surface area (Å²) in [6.07, 6.45) is 14.1. The van der Waals surface area contributed by atoms with Crippen LogP contribution in [0.3, 0.4) is 0 Å². The van der Waals surface area contributed by atoms with Crippen LogP contribution in [0.25, 0.3) is 5.57 Å². The fourth-order valence-electron chi connectivity index (χ4n) is 3.77. The van der Waals surface area contributed by atoms with Crippen LogP contribution in [0.1, 0.15) is 29.9 Å². The van der Waals surface area contributed by atoms with Gasteiger partial charge in [-0.05, 0) is 59.7 Å². The van der Waals surface area contributed by atoms with E-state index in [4.69, 9.17) is 0 Å². The standard InChI is InChI=1S/C20H19NO2S/c1-24(22,23)18-4-2-15(3-5-18)17-6-10-20(14-17)11-7-19(20)16-8-12-21-13-9-16/h2-6,8-10,12-14,19H,7,11H2,1H3. The Morgan fingerprint density at radius 1 is 1.08 bits per heavy atom. The minimum absolute atomic E-state index is 0.103.